The van der Waals surface area contributed by atoms with Gasteiger partial charge < -0.3 is 10.2 Å². The van der Waals surface area contributed by atoms with E-state index in [1.807, 2.05) is 0 Å². The van der Waals surface area contributed by atoms with Crippen LogP contribution in [0.1, 0.15) is 58.1 Å². The fourth-order valence-corrected chi connectivity index (χ4v) is 3.79. The van der Waals surface area contributed by atoms with Crippen LogP contribution >= 0.6 is 23.2 Å². The highest BCUT2D eigenvalue weighted by Crippen LogP contribution is 2.38. The van der Waals surface area contributed by atoms with Gasteiger partial charge >= 0.3 is 0 Å². The topological polar surface area (TPSA) is 97.7 Å². The van der Waals surface area contributed by atoms with Crippen molar-refractivity contribution < 1.29 is 14.0 Å². The molecule has 1 aromatic heterocycles. The van der Waals surface area contributed by atoms with Gasteiger partial charge in [0, 0.05) is 22.6 Å². The fraction of sp³-hybridized carbons (Fsp3) is 0.316. The van der Waals surface area contributed by atoms with Crippen LogP contribution in [0.3, 0.4) is 0 Å². The van der Waals surface area contributed by atoms with E-state index in [0.29, 0.717) is 34.9 Å². The number of primary amides is 1. The number of furan rings is 1. The Kier molecular flexibility index (Phi) is 5.06. The van der Waals surface area contributed by atoms with Gasteiger partial charge in [-0.3, -0.25) is 9.59 Å². The van der Waals surface area contributed by atoms with E-state index in [9.17, 15) is 9.59 Å². The smallest absolute Gasteiger partial charge is 0.284 e. The molecule has 6 nitrogen and oxygen atoms in total. The number of carbonyl (C=O) groups excluding carboxylic acids is 2. The first kappa shape index (κ1) is 19.5. The number of halogens is 2. The fourth-order valence-electron chi connectivity index (χ4n) is 3.30. The summed E-state index contributed by atoms with van der Waals surface area (Å²) in [7, 11) is 0. The second-order valence-electron chi connectivity index (χ2n) is 7.36. The van der Waals surface area contributed by atoms with Gasteiger partial charge in [0.25, 0.3) is 11.8 Å². The molecule has 27 heavy (non-hydrogen) atoms. The number of fused-ring (bicyclic) bond motifs is 1. The van der Waals surface area contributed by atoms with Crippen LogP contribution in [0.2, 0.25) is 10.0 Å². The SMILES string of the molecule is Cc1c(C(N)=O)oc2c1/C(=N/NC(=O)c1ccc(Cl)cc1Cl)CC(C)(C)C2. The number of carbonyl (C=O) groups is 2. The van der Waals surface area contributed by atoms with E-state index in [0.717, 1.165) is 5.56 Å². The minimum absolute atomic E-state index is 0.123. The summed E-state index contributed by atoms with van der Waals surface area (Å²) in [5.74, 6) is -0.311. The Morgan fingerprint density at radius 2 is 1.96 bits per heavy atom. The molecule has 1 aliphatic carbocycles. The van der Waals surface area contributed by atoms with Gasteiger partial charge in [0.05, 0.1) is 16.3 Å². The lowest BCUT2D eigenvalue weighted by atomic mass is 9.75. The molecule has 0 spiro atoms. The maximum absolute atomic E-state index is 12.4. The van der Waals surface area contributed by atoms with Gasteiger partial charge in [0.2, 0.25) is 0 Å². The number of hydrogen-bond acceptors (Lipinski definition) is 4. The molecular weight excluding hydrogens is 389 g/mol. The van der Waals surface area contributed by atoms with E-state index in [1.54, 1.807) is 13.0 Å². The molecule has 1 heterocycles. The lowest BCUT2D eigenvalue weighted by Gasteiger charge is -2.29. The summed E-state index contributed by atoms with van der Waals surface area (Å²) in [5.41, 5.74) is 10.0. The number of nitrogens with two attached hydrogens (primary N) is 1. The second kappa shape index (κ2) is 7.02. The van der Waals surface area contributed by atoms with Gasteiger partial charge in [-0.05, 0) is 37.0 Å². The lowest BCUT2D eigenvalue weighted by molar-refractivity contribution is 0.0952. The molecule has 1 aromatic carbocycles. The van der Waals surface area contributed by atoms with Gasteiger partial charge in [-0.25, -0.2) is 5.43 Å². The lowest BCUT2D eigenvalue weighted by Crippen LogP contribution is -2.29. The van der Waals surface area contributed by atoms with Crippen molar-refractivity contribution in [3.8, 4) is 0 Å². The van der Waals surface area contributed by atoms with Crippen LogP contribution in [0.4, 0.5) is 0 Å². The Hall–Kier alpha value is -2.31. The standard InChI is InChI=1S/C19H19Cl2N3O3/c1-9-15-13(7-19(2,3)8-14(15)27-16(9)17(22)25)23-24-18(26)11-5-4-10(20)6-12(11)21/h4-6H,7-8H2,1-3H3,(H2,22,25)(H,24,26)/b23-13+. The van der Waals surface area contributed by atoms with Crippen molar-refractivity contribution in [1.29, 1.82) is 0 Å². The van der Waals surface area contributed by atoms with Crippen LogP contribution in [0.5, 0.6) is 0 Å². The van der Waals surface area contributed by atoms with E-state index in [4.69, 9.17) is 33.4 Å². The first-order chi connectivity index (χ1) is 12.6. The van der Waals surface area contributed by atoms with Crippen LogP contribution in [0.15, 0.2) is 27.7 Å². The number of nitrogens with one attached hydrogen (secondary N) is 1. The number of benzene rings is 1. The van der Waals surface area contributed by atoms with E-state index in [-0.39, 0.29) is 21.8 Å². The van der Waals surface area contributed by atoms with Crippen LogP contribution in [0.25, 0.3) is 0 Å². The predicted octanol–water partition coefficient (Wildman–Crippen LogP) is 4.10. The molecule has 0 atom stereocenters. The monoisotopic (exact) mass is 407 g/mol. The summed E-state index contributed by atoms with van der Waals surface area (Å²) < 4.78 is 5.68. The largest absolute Gasteiger partial charge is 0.455 e. The van der Waals surface area contributed by atoms with Gasteiger partial charge in [-0.1, -0.05) is 37.0 Å². The summed E-state index contributed by atoms with van der Waals surface area (Å²) in [6.07, 6.45) is 1.25. The molecule has 0 fully saturated rings. The van der Waals surface area contributed by atoms with Crippen LogP contribution in [0, 0.1) is 12.3 Å². The first-order valence-electron chi connectivity index (χ1n) is 8.33. The molecule has 0 saturated heterocycles. The Morgan fingerprint density at radius 1 is 1.26 bits per heavy atom. The number of rotatable bonds is 3. The molecule has 2 amide bonds. The second-order valence-corrected chi connectivity index (χ2v) is 8.20. The molecule has 0 unspecified atom stereocenters. The number of hydrogen-bond donors (Lipinski definition) is 2. The molecule has 3 N–H and O–H groups in total. The molecule has 142 valence electrons. The van der Waals surface area contributed by atoms with Crippen molar-refractivity contribution >= 4 is 40.7 Å². The Labute approximate surface area is 166 Å². The summed E-state index contributed by atoms with van der Waals surface area (Å²) in [5, 5.41) is 4.98. The van der Waals surface area contributed by atoms with Crippen molar-refractivity contribution in [3.63, 3.8) is 0 Å². The molecule has 0 aliphatic heterocycles. The van der Waals surface area contributed by atoms with E-state index in [1.165, 1.54) is 12.1 Å². The highest BCUT2D eigenvalue weighted by molar-refractivity contribution is 6.36. The van der Waals surface area contributed by atoms with Gasteiger partial charge in [0.15, 0.2) is 5.76 Å². The van der Waals surface area contributed by atoms with E-state index < -0.39 is 11.8 Å². The Morgan fingerprint density at radius 3 is 2.59 bits per heavy atom. The maximum Gasteiger partial charge on any atom is 0.284 e. The molecular formula is C19H19Cl2N3O3. The summed E-state index contributed by atoms with van der Waals surface area (Å²) in [6, 6.07) is 4.60. The average molecular weight is 408 g/mol. The van der Waals surface area contributed by atoms with Crippen molar-refractivity contribution in [1.82, 2.24) is 5.43 Å². The van der Waals surface area contributed by atoms with Crippen molar-refractivity contribution in [2.75, 3.05) is 0 Å². The van der Waals surface area contributed by atoms with Crippen LogP contribution in [-0.4, -0.2) is 17.5 Å². The van der Waals surface area contributed by atoms with Gasteiger partial charge in [-0.2, -0.15) is 5.10 Å². The number of amides is 2. The minimum Gasteiger partial charge on any atom is -0.455 e. The van der Waals surface area contributed by atoms with E-state index in [2.05, 4.69) is 24.4 Å². The molecule has 3 rings (SSSR count). The molecule has 0 saturated carbocycles. The summed E-state index contributed by atoms with van der Waals surface area (Å²) in [4.78, 5) is 24.1. The third-order valence-electron chi connectivity index (χ3n) is 4.49. The maximum atomic E-state index is 12.4. The molecule has 0 bridgehead atoms. The average Bonchev–Trinajstić information content (AvgIpc) is 2.87. The Balaban J connectivity index is 1.96. The molecule has 8 heteroatoms. The van der Waals surface area contributed by atoms with Gasteiger partial charge in [0.1, 0.15) is 5.76 Å². The Bertz CT molecular complexity index is 977. The predicted molar refractivity (Wildman–Crippen MR) is 105 cm³/mol. The van der Waals surface area contributed by atoms with Crippen molar-refractivity contribution in [2.45, 2.75) is 33.6 Å². The molecule has 1 aliphatic rings. The normalized spacial score (nSPS) is 16.9. The molecule has 0 radical (unpaired) electrons. The van der Waals surface area contributed by atoms with Crippen LogP contribution < -0.4 is 11.2 Å². The third-order valence-corrected chi connectivity index (χ3v) is 5.03. The summed E-state index contributed by atoms with van der Waals surface area (Å²) in [6.45, 7) is 5.88. The number of nitrogens with zero attached hydrogens (tertiary/aromatic N) is 1. The summed E-state index contributed by atoms with van der Waals surface area (Å²) >= 11 is 11.9. The van der Waals surface area contributed by atoms with Crippen molar-refractivity contribution in [2.24, 2.45) is 16.3 Å². The highest BCUT2D eigenvalue weighted by atomic mass is 35.5. The molecule has 2 aromatic rings. The highest BCUT2D eigenvalue weighted by Gasteiger charge is 2.35. The zero-order valence-electron chi connectivity index (χ0n) is 15.2. The minimum atomic E-state index is -0.629. The first-order valence-corrected chi connectivity index (χ1v) is 9.09. The van der Waals surface area contributed by atoms with Crippen molar-refractivity contribution in [3.05, 3.63) is 56.5 Å². The third kappa shape index (κ3) is 3.87. The van der Waals surface area contributed by atoms with Gasteiger partial charge in [-0.15, -0.1) is 0 Å². The number of hydrazone groups is 1. The quantitative estimate of drug-likeness (QED) is 0.749. The zero-order valence-corrected chi connectivity index (χ0v) is 16.7. The zero-order chi connectivity index (χ0) is 19.9. The van der Waals surface area contributed by atoms with E-state index >= 15 is 0 Å². The van der Waals surface area contributed by atoms with Crippen LogP contribution in [-0.2, 0) is 6.42 Å².